The van der Waals surface area contributed by atoms with E-state index in [1.807, 2.05) is 0 Å². The number of hydrogen-bond donors (Lipinski definition) is 2. The van der Waals surface area contributed by atoms with Gasteiger partial charge in [0.15, 0.2) is 0 Å². The Hall–Kier alpha value is -1.34. The number of carbonyl (C=O) groups is 2. The second kappa shape index (κ2) is 7.61. The number of carbonyl (C=O) groups excluding carboxylic acids is 1. The van der Waals surface area contributed by atoms with Crippen molar-refractivity contribution >= 4 is 12.1 Å². The van der Waals surface area contributed by atoms with Gasteiger partial charge in [-0.05, 0) is 33.6 Å². The summed E-state index contributed by atoms with van der Waals surface area (Å²) in [4.78, 5) is 31.6. The Morgan fingerprint density at radius 1 is 1.29 bits per heavy atom. The molecule has 0 aromatic carbocycles. The summed E-state index contributed by atoms with van der Waals surface area (Å²) in [6, 6.07) is 0. The zero-order chi connectivity index (χ0) is 16.0. The van der Waals surface area contributed by atoms with Gasteiger partial charge in [-0.15, -0.1) is 0 Å². The third-order valence-electron chi connectivity index (χ3n) is 3.41. The van der Waals surface area contributed by atoms with Crippen molar-refractivity contribution < 1.29 is 34.3 Å². The highest BCUT2D eigenvalue weighted by atomic mass is 17.2. The Kier molecular flexibility index (Phi) is 6.42. The molecule has 0 saturated heterocycles. The van der Waals surface area contributed by atoms with Crippen molar-refractivity contribution in [2.24, 2.45) is 5.92 Å². The lowest BCUT2D eigenvalue weighted by Gasteiger charge is -2.32. The van der Waals surface area contributed by atoms with E-state index in [2.05, 4.69) is 4.89 Å². The first-order valence-corrected chi connectivity index (χ1v) is 7.18. The predicted molar refractivity (Wildman–Crippen MR) is 72.4 cm³/mol. The summed E-state index contributed by atoms with van der Waals surface area (Å²) in [7, 11) is 0. The van der Waals surface area contributed by atoms with Crippen LogP contribution in [0.4, 0.5) is 4.79 Å². The SMILES string of the molecule is CC(O)CC(C)(C)OC(=O)C1CCCCC1OOC(=O)O. The molecule has 0 radical (unpaired) electrons. The van der Waals surface area contributed by atoms with E-state index in [4.69, 9.17) is 14.7 Å². The molecule has 7 nitrogen and oxygen atoms in total. The van der Waals surface area contributed by atoms with Crippen molar-refractivity contribution in [1.29, 1.82) is 0 Å². The number of esters is 1. The van der Waals surface area contributed by atoms with Gasteiger partial charge in [0.2, 0.25) is 0 Å². The number of carboxylic acid groups (broad SMARTS) is 1. The average Bonchev–Trinajstić information content (AvgIpc) is 2.34. The molecule has 1 aliphatic carbocycles. The normalized spacial score (nSPS) is 24.2. The standard InChI is InChI=1S/C14H24O7/c1-9(15)8-14(2,3)19-12(16)10-6-4-5-7-11(10)20-21-13(17)18/h9-11,15H,4-8H2,1-3H3,(H,17,18). The van der Waals surface area contributed by atoms with Gasteiger partial charge < -0.3 is 14.9 Å². The van der Waals surface area contributed by atoms with Crippen LogP contribution >= 0.6 is 0 Å². The minimum atomic E-state index is -1.54. The molecule has 122 valence electrons. The fourth-order valence-corrected chi connectivity index (χ4v) is 2.69. The van der Waals surface area contributed by atoms with E-state index in [1.54, 1.807) is 20.8 Å². The maximum Gasteiger partial charge on any atom is 0.537 e. The first kappa shape index (κ1) is 17.7. The summed E-state index contributed by atoms with van der Waals surface area (Å²) in [5, 5.41) is 17.9. The number of ether oxygens (including phenoxy) is 1. The van der Waals surface area contributed by atoms with Crippen LogP contribution in [0.25, 0.3) is 0 Å². The van der Waals surface area contributed by atoms with Gasteiger partial charge >= 0.3 is 12.1 Å². The van der Waals surface area contributed by atoms with Crippen LogP contribution in [0.15, 0.2) is 0 Å². The van der Waals surface area contributed by atoms with Crippen molar-refractivity contribution in [2.45, 2.75) is 70.7 Å². The van der Waals surface area contributed by atoms with E-state index in [-0.39, 0.29) is 0 Å². The number of rotatable bonds is 6. The molecule has 7 heteroatoms. The van der Waals surface area contributed by atoms with E-state index in [1.165, 1.54) is 0 Å². The van der Waals surface area contributed by atoms with Crippen LogP contribution in [-0.2, 0) is 19.3 Å². The third-order valence-corrected chi connectivity index (χ3v) is 3.41. The van der Waals surface area contributed by atoms with Gasteiger partial charge in [-0.2, -0.15) is 4.89 Å². The van der Waals surface area contributed by atoms with Crippen molar-refractivity contribution in [3.63, 3.8) is 0 Å². The van der Waals surface area contributed by atoms with Crippen LogP contribution in [0.1, 0.15) is 52.9 Å². The molecule has 1 rings (SSSR count). The molecule has 0 bridgehead atoms. The summed E-state index contributed by atoms with van der Waals surface area (Å²) >= 11 is 0. The highest BCUT2D eigenvalue weighted by molar-refractivity contribution is 5.73. The molecule has 0 aliphatic heterocycles. The molecule has 2 N–H and O–H groups in total. The first-order valence-electron chi connectivity index (χ1n) is 7.18. The van der Waals surface area contributed by atoms with Crippen molar-refractivity contribution in [1.82, 2.24) is 0 Å². The number of hydrogen-bond acceptors (Lipinski definition) is 6. The summed E-state index contributed by atoms with van der Waals surface area (Å²) in [6.45, 7) is 5.08. The molecule has 3 atom stereocenters. The molecule has 0 amide bonds. The predicted octanol–water partition coefficient (Wildman–Crippen LogP) is 2.26. The lowest BCUT2D eigenvalue weighted by atomic mass is 9.86. The lowest BCUT2D eigenvalue weighted by Crippen LogP contribution is -2.40. The van der Waals surface area contributed by atoms with E-state index in [9.17, 15) is 14.7 Å². The third kappa shape index (κ3) is 6.31. The summed E-state index contributed by atoms with van der Waals surface area (Å²) in [5.41, 5.74) is -0.791. The topological polar surface area (TPSA) is 102 Å². The summed E-state index contributed by atoms with van der Waals surface area (Å²) in [6.07, 6.45) is 0.384. The van der Waals surface area contributed by atoms with E-state index >= 15 is 0 Å². The smallest absolute Gasteiger partial charge is 0.459 e. The second-order valence-electron chi connectivity index (χ2n) is 6.11. The molecular weight excluding hydrogens is 280 g/mol. The van der Waals surface area contributed by atoms with Gasteiger partial charge in [0.1, 0.15) is 11.7 Å². The fourth-order valence-electron chi connectivity index (χ4n) is 2.69. The molecule has 1 fully saturated rings. The zero-order valence-electron chi connectivity index (χ0n) is 12.7. The van der Waals surface area contributed by atoms with Crippen LogP contribution in [0, 0.1) is 5.92 Å². The van der Waals surface area contributed by atoms with Crippen LogP contribution < -0.4 is 0 Å². The van der Waals surface area contributed by atoms with E-state index < -0.39 is 35.9 Å². The molecule has 0 heterocycles. The van der Waals surface area contributed by atoms with Crippen molar-refractivity contribution in [3.8, 4) is 0 Å². The molecular formula is C14H24O7. The highest BCUT2D eigenvalue weighted by Crippen LogP contribution is 2.30. The molecule has 0 aromatic rings. The molecule has 21 heavy (non-hydrogen) atoms. The second-order valence-corrected chi connectivity index (χ2v) is 6.11. The van der Waals surface area contributed by atoms with Crippen molar-refractivity contribution in [3.05, 3.63) is 0 Å². The monoisotopic (exact) mass is 304 g/mol. The Morgan fingerprint density at radius 2 is 1.90 bits per heavy atom. The molecule has 1 saturated carbocycles. The summed E-state index contributed by atoms with van der Waals surface area (Å²) < 4.78 is 5.44. The van der Waals surface area contributed by atoms with Gasteiger partial charge in [-0.1, -0.05) is 12.8 Å². The van der Waals surface area contributed by atoms with Crippen LogP contribution in [-0.4, -0.2) is 40.1 Å². The van der Waals surface area contributed by atoms with Crippen LogP contribution in [0.2, 0.25) is 0 Å². The van der Waals surface area contributed by atoms with Crippen LogP contribution in [0.3, 0.4) is 0 Å². The minimum Gasteiger partial charge on any atom is -0.459 e. The maximum atomic E-state index is 12.3. The quantitative estimate of drug-likeness (QED) is 0.441. The minimum absolute atomic E-state index is 0.322. The van der Waals surface area contributed by atoms with Gasteiger partial charge in [-0.3, -0.25) is 9.68 Å². The van der Waals surface area contributed by atoms with E-state index in [0.717, 1.165) is 12.8 Å². The van der Waals surface area contributed by atoms with Gasteiger partial charge in [0.25, 0.3) is 0 Å². The fraction of sp³-hybridized carbons (Fsp3) is 0.857. The molecule has 3 unspecified atom stereocenters. The zero-order valence-corrected chi connectivity index (χ0v) is 12.7. The molecule has 0 aromatic heterocycles. The summed E-state index contributed by atoms with van der Waals surface area (Å²) in [5.74, 6) is -0.995. The lowest BCUT2D eigenvalue weighted by molar-refractivity contribution is -0.298. The van der Waals surface area contributed by atoms with Crippen molar-refractivity contribution in [2.75, 3.05) is 0 Å². The Bertz CT molecular complexity index is 364. The average molecular weight is 304 g/mol. The maximum absolute atomic E-state index is 12.3. The molecule has 0 spiro atoms. The van der Waals surface area contributed by atoms with Gasteiger partial charge in [0.05, 0.1) is 12.0 Å². The Morgan fingerprint density at radius 3 is 2.48 bits per heavy atom. The van der Waals surface area contributed by atoms with E-state index in [0.29, 0.717) is 19.3 Å². The van der Waals surface area contributed by atoms with Gasteiger partial charge in [-0.25, -0.2) is 4.79 Å². The number of aliphatic hydroxyl groups is 1. The number of aliphatic hydroxyl groups excluding tert-OH is 1. The van der Waals surface area contributed by atoms with Gasteiger partial charge in [0, 0.05) is 6.42 Å². The largest absolute Gasteiger partial charge is 0.537 e. The highest BCUT2D eigenvalue weighted by Gasteiger charge is 2.37. The Labute approximate surface area is 124 Å². The Balaban J connectivity index is 2.61. The van der Waals surface area contributed by atoms with Crippen LogP contribution in [0.5, 0.6) is 0 Å². The molecule has 1 aliphatic rings. The first-order chi connectivity index (χ1) is 9.71.